The smallest absolute Gasteiger partial charge is 0.141 e. The Balaban J connectivity index is 2.75. The lowest BCUT2D eigenvalue weighted by atomic mass is 10.4. The fourth-order valence-corrected chi connectivity index (χ4v) is 1.60. The summed E-state index contributed by atoms with van der Waals surface area (Å²) in [4.78, 5) is 4.14. The van der Waals surface area contributed by atoms with E-state index >= 15 is 0 Å². The Hall–Kier alpha value is -1.03. The van der Waals surface area contributed by atoms with E-state index in [0.29, 0.717) is 0 Å². The SMILES string of the molecule is COc1cc(Br)n2ccnc2c1. The lowest BCUT2D eigenvalue weighted by Gasteiger charge is -2.02. The van der Waals surface area contributed by atoms with Crippen molar-refractivity contribution >= 4 is 21.6 Å². The molecule has 0 amide bonds. The van der Waals surface area contributed by atoms with Crippen molar-refractivity contribution in [3.8, 4) is 5.75 Å². The quantitative estimate of drug-likeness (QED) is 0.697. The third-order valence-corrected chi connectivity index (χ3v) is 2.28. The van der Waals surface area contributed by atoms with Gasteiger partial charge in [-0.3, -0.25) is 4.40 Å². The van der Waals surface area contributed by atoms with E-state index in [9.17, 15) is 0 Å². The first-order chi connectivity index (χ1) is 5.81. The lowest BCUT2D eigenvalue weighted by Crippen LogP contribution is -1.89. The molecule has 0 unspecified atom stereocenters. The summed E-state index contributed by atoms with van der Waals surface area (Å²) in [6.45, 7) is 0. The molecule has 4 heteroatoms. The van der Waals surface area contributed by atoms with Crippen LogP contribution in [0.1, 0.15) is 0 Å². The Morgan fingerprint density at radius 2 is 2.33 bits per heavy atom. The minimum Gasteiger partial charge on any atom is -0.497 e. The molecule has 0 aromatic carbocycles. The first-order valence-electron chi connectivity index (χ1n) is 3.48. The van der Waals surface area contributed by atoms with Crippen LogP contribution < -0.4 is 4.74 Å². The van der Waals surface area contributed by atoms with Crippen LogP contribution in [0, 0.1) is 0 Å². The third-order valence-electron chi connectivity index (χ3n) is 1.67. The van der Waals surface area contributed by atoms with Crippen LogP contribution in [0.25, 0.3) is 5.65 Å². The number of pyridine rings is 1. The first-order valence-corrected chi connectivity index (χ1v) is 4.27. The van der Waals surface area contributed by atoms with E-state index < -0.39 is 0 Å². The van der Waals surface area contributed by atoms with Crippen molar-refractivity contribution < 1.29 is 4.74 Å². The van der Waals surface area contributed by atoms with Crippen molar-refractivity contribution in [1.29, 1.82) is 0 Å². The summed E-state index contributed by atoms with van der Waals surface area (Å²) in [6.07, 6.45) is 3.64. The topological polar surface area (TPSA) is 26.5 Å². The number of nitrogens with zero attached hydrogens (tertiary/aromatic N) is 2. The van der Waals surface area contributed by atoms with Gasteiger partial charge in [-0.1, -0.05) is 0 Å². The van der Waals surface area contributed by atoms with Crippen molar-refractivity contribution in [1.82, 2.24) is 9.38 Å². The molecule has 0 N–H and O–H groups in total. The molecule has 0 aliphatic rings. The zero-order valence-corrected chi connectivity index (χ0v) is 8.08. The summed E-state index contributed by atoms with van der Waals surface area (Å²) in [5.74, 6) is 0.806. The van der Waals surface area contributed by atoms with Crippen LogP contribution in [0.5, 0.6) is 5.75 Å². The van der Waals surface area contributed by atoms with E-state index in [-0.39, 0.29) is 0 Å². The van der Waals surface area contributed by atoms with Crippen LogP contribution in [-0.2, 0) is 0 Å². The summed E-state index contributed by atoms with van der Waals surface area (Å²) in [7, 11) is 1.64. The monoisotopic (exact) mass is 226 g/mol. The molecule has 2 aromatic rings. The van der Waals surface area contributed by atoms with Crippen LogP contribution in [0.15, 0.2) is 29.1 Å². The maximum Gasteiger partial charge on any atom is 0.141 e. The fraction of sp³-hybridized carbons (Fsp3) is 0.125. The van der Waals surface area contributed by atoms with Gasteiger partial charge in [0.25, 0.3) is 0 Å². The van der Waals surface area contributed by atoms with Gasteiger partial charge in [-0.2, -0.15) is 0 Å². The first kappa shape index (κ1) is 7.61. The Morgan fingerprint density at radius 1 is 1.50 bits per heavy atom. The normalized spacial score (nSPS) is 10.5. The van der Waals surface area contributed by atoms with Crippen LogP contribution >= 0.6 is 15.9 Å². The van der Waals surface area contributed by atoms with Gasteiger partial charge in [0.05, 0.1) is 11.7 Å². The second-order valence-electron chi connectivity index (χ2n) is 2.37. The van der Waals surface area contributed by atoms with Gasteiger partial charge >= 0.3 is 0 Å². The number of imidazole rings is 1. The predicted molar refractivity (Wildman–Crippen MR) is 49.4 cm³/mol. The van der Waals surface area contributed by atoms with Crippen molar-refractivity contribution in [3.05, 3.63) is 29.1 Å². The Labute approximate surface area is 78.1 Å². The summed E-state index contributed by atoms with van der Waals surface area (Å²) >= 11 is 3.41. The molecule has 2 rings (SSSR count). The number of hydrogen-bond acceptors (Lipinski definition) is 2. The maximum atomic E-state index is 5.09. The van der Waals surface area contributed by atoms with E-state index in [4.69, 9.17) is 4.74 Å². The van der Waals surface area contributed by atoms with Crippen molar-refractivity contribution in [3.63, 3.8) is 0 Å². The summed E-state index contributed by atoms with van der Waals surface area (Å²) in [5.41, 5.74) is 0.876. The van der Waals surface area contributed by atoms with Gasteiger partial charge in [-0.05, 0) is 15.9 Å². The number of hydrogen-bond donors (Lipinski definition) is 0. The van der Waals surface area contributed by atoms with Gasteiger partial charge in [-0.15, -0.1) is 0 Å². The molecule has 0 spiro atoms. The highest BCUT2D eigenvalue weighted by atomic mass is 79.9. The zero-order chi connectivity index (χ0) is 8.55. The average Bonchev–Trinajstić information content (AvgIpc) is 2.52. The van der Waals surface area contributed by atoms with E-state index in [0.717, 1.165) is 16.0 Å². The maximum absolute atomic E-state index is 5.09. The third kappa shape index (κ3) is 1.08. The summed E-state index contributed by atoms with van der Waals surface area (Å²) in [5, 5.41) is 0. The molecule has 0 aliphatic heterocycles. The number of rotatable bonds is 1. The van der Waals surface area contributed by atoms with E-state index in [1.165, 1.54) is 0 Å². The molecule has 0 radical (unpaired) electrons. The molecule has 0 saturated heterocycles. The predicted octanol–water partition coefficient (Wildman–Crippen LogP) is 2.11. The van der Waals surface area contributed by atoms with E-state index in [1.807, 2.05) is 22.7 Å². The molecule has 0 saturated carbocycles. The molecular formula is C8H7BrN2O. The van der Waals surface area contributed by atoms with Crippen LogP contribution in [0.3, 0.4) is 0 Å². The second kappa shape index (κ2) is 2.79. The van der Waals surface area contributed by atoms with Gasteiger partial charge in [0.15, 0.2) is 0 Å². The average molecular weight is 227 g/mol. The Morgan fingerprint density at radius 3 is 3.08 bits per heavy atom. The standard InChI is InChI=1S/C8H7BrN2O/c1-12-6-4-7(9)11-3-2-10-8(11)5-6/h2-5H,1H3. The van der Waals surface area contributed by atoms with Crippen LogP contribution in [-0.4, -0.2) is 16.5 Å². The van der Waals surface area contributed by atoms with Gasteiger partial charge in [0.2, 0.25) is 0 Å². The minimum atomic E-state index is 0.806. The molecule has 0 bridgehead atoms. The molecule has 2 aromatic heterocycles. The Kier molecular flexibility index (Phi) is 1.77. The molecule has 0 aliphatic carbocycles. The highest BCUT2D eigenvalue weighted by molar-refractivity contribution is 9.10. The fourth-order valence-electron chi connectivity index (χ4n) is 1.08. The number of fused-ring (bicyclic) bond motifs is 1. The summed E-state index contributed by atoms with van der Waals surface area (Å²) in [6, 6.07) is 3.78. The van der Waals surface area contributed by atoms with Crippen molar-refractivity contribution in [2.75, 3.05) is 7.11 Å². The zero-order valence-electron chi connectivity index (χ0n) is 6.49. The van der Waals surface area contributed by atoms with Gasteiger partial charge in [0.1, 0.15) is 11.4 Å². The van der Waals surface area contributed by atoms with Gasteiger partial charge < -0.3 is 4.74 Å². The molecular weight excluding hydrogens is 220 g/mol. The molecule has 12 heavy (non-hydrogen) atoms. The largest absolute Gasteiger partial charge is 0.497 e. The highest BCUT2D eigenvalue weighted by Gasteiger charge is 2.00. The summed E-state index contributed by atoms with van der Waals surface area (Å²) < 4.78 is 7.96. The number of ether oxygens (including phenoxy) is 1. The van der Waals surface area contributed by atoms with Crippen molar-refractivity contribution in [2.24, 2.45) is 0 Å². The minimum absolute atomic E-state index is 0.806. The number of halogens is 1. The molecule has 62 valence electrons. The number of methoxy groups -OCH3 is 1. The Bertz CT molecular complexity index is 410. The molecule has 0 atom stereocenters. The highest BCUT2D eigenvalue weighted by Crippen LogP contribution is 2.20. The number of aromatic nitrogens is 2. The second-order valence-corrected chi connectivity index (χ2v) is 3.19. The van der Waals surface area contributed by atoms with Gasteiger partial charge in [0, 0.05) is 24.5 Å². The molecule has 0 fully saturated rings. The van der Waals surface area contributed by atoms with Crippen molar-refractivity contribution in [2.45, 2.75) is 0 Å². The van der Waals surface area contributed by atoms with E-state index in [2.05, 4.69) is 20.9 Å². The molecule has 3 nitrogen and oxygen atoms in total. The van der Waals surface area contributed by atoms with Crippen LogP contribution in [0.2, 0.25) is 0 Å². The van der Waals surface area contributed by atoms with Crippen LogP contribution in [0.4, 0.5) is 0 Å². The lowest BCUT2D eigenvalue weighted by molar-refractivity contribution is 0.414. The molecule has 2 heterocycles. The van der Waals surface area contributed by atoms with E-state index in [1.54, 1.807) is 13.3 Å². The van der Waals surface area contributed by atoms with Gasteiger partial charge in [-0.25, -0.2) is 4.98 Å².